The molecule has 7 nitrogen and oxygen atoms in total. The highest BCUT2D eigenvalue weighted by molar-refractivity contribution is 7.94. The fourth-order valence-corrected chi connectivity index (χ4v) is 5.39. The van der Waals surface area contributed by atoms with Crippen molar-refractivity contribution in [1.29, 1.82) is 0 Å². The van der Waals surface area contributed by atoms with Gasteiger partial charge in [0.1, 0.15) is 4.21 Å². The number of anilines is 1. The van der Waals surface area contributed by atoms with Crippen molar-refractivity contribution < 1.29 is 22.7 Å². The van der Waals surface area contributed by atoms with Crippen LogP contribution in [0.4, 0.5) is 5.69 Å². The summed E-state index contributed by atoms with van der Waals surface area (Å²) < 4.78 is 38.5. The molecule has 0 radical (unpaired) electrons. The van der Waals surface area contributed by atoms with E-state index in [0.29, 0.717) is 22.7 Å². The molecule has 3 heterocycles. The third-order valence-electron chi connectivity index (χ3n) is 4.61. The van der Waals surface area contributed by atoms with Crippen molar-refractivity contribution in [2.45, 2.75) is 29.9 Å². The van der Waals surface area contributed by atoms with Crippen molar-refractivity contribution in [2.75, 3.05) is 24.6 Å². The normalized spacial score (nSPS) is 16.8. The van der Waals surface area contributed by atoms with Crippen LogP contribution in [0.5, 0.6) is 11.5 Å². The lowest BCUT2D eigenvalue weighted by Crippen LogP contribution is -2.31. The summed E-state index contributed by atoms with van der Waals surface area (Å²) in [5.41, 5.74) is 0.806. The summed E-state index contributed by atoms with van der Waals surface area (Å²) >= 11 is 1.04. The van der Waals surface area contributed by atoms with Crippen molar-refractivity contribution in [3.8, 4) is 11.5 Å². The highest BCUT2D eigenvalue weighted by Crippen LogP contribution is 2.35. The van der Waals surface area contributed by atoms with E-state index in [2.05, 4.69) is 4.72 Å². The molecule has 2 aliphatic rings. The molecule has 0 unspecified atom stereocenters. The first-order chi connectivity index (χ1) is 13.0. The maximum absolute atomic E-state index is 12.7. The van der Waals surface area contributed by atoms with Crippen molar-refractivity contribution in [2.24, 2.45) is 0 Å². The summed E-state index contributed by atoms with van der Waals surface area (Å²) in [4.78, 5) is 14.5. The molecule has 4 rings (SSSR count). The van der Waals surface area contributed by atoms with Crippen LogP contribution in [0.2, 0.25) is 0 Å². The Morgan fingerprint density at radius 2 is 1.78 bits per heavy atom. The number of nitrogens with zero attached hydrogens (tertiary/aromatic N) is 1. The highest BCUT2D eigenvalue weighted by Gasteiger charge is 2.23. The molecule has 0 saturated carbocycles. The molecule has 1 aromatic heterocycles. The Kier molecular flexibility index (Phi) is 4.96. The number of likely N-dealkylation sites (tertiary alicyclic amines) is 1. The summed E-state index contributed by atoms with van der Waals surface area (Å²) in [6.07, 6.45) is 4.25. The smallest absolute Gasteiger partial charge is 0.271 e. The van der Waals surface area contributed by atoms with Gasteiger partial charge in [-0.05, 0) is 31.0 Å². The van der Waals surface area contributed by atoms with E-state index in [4.69, 9.17) is 9.47 Å². The van der Waals surface area contributed by atoms with Crippen molar-refractivity contribution in [3.63, 3.8) is 0 Å². The van der Waals surface area contributed by atoms with Gasteiger partial charge in [-0.2, -0.15) is 0 Å². The zero-order valence-electron chi connectivity index (χ0n) is 14.6. The molecule has 9 heteroatoms. The molecular formula is C18H20N2O5S2. The SMILES string of the molecule is O=C(c1csc(S(=O)(=O)Nc2ccc3c(c2)OCO3)c1)N1CCCCCC1. The zero-order valence-corrected chi connectivity index (χ0v) is 16.3. The van der Waals surface area contributed by atoms with E-state index < -0.39 is 10.0 Å². The molecule has 2 aromatic rings. The minimum atomic E-state index is -3.78. The number of amides is 1. The second-order valence-corrected chi connectivity index (χ2v) is 9.35. The lowest BCUT2D eigenvalue weighted by atomic mass is 10.2. The van der Waals surface area contributed by atoms with E-state index >= 15 is 0 Å². The first-order valence-electron chi connectivity index (χ1n) is 8.83. The Hall–Kier alpha value is -2.26. The number of hydrogen-bond donors (Lipinski definition) is 1. The number of hydrogen-bond acceptors (Lipinski definition) is 6. The predicted octanol–water partition coefficient (Wildman–Crippen LogP) is 3.29. The van der Waals surface area contributed by atoms with Gasteiger partial charge in [0.25, 0.3) is 15.9 Å². The van der Waals surface area contributed by atoms with Crippen LogP contribution >= 0.6 is 11.3 Å². The van der Waals surface area contributed by atoms with E-state index in [1.165, 1.54) is 6.07 Å². The maximum Gasteiger partial charge on any atom is 0.271 e. The average Bonchev–Trinajstić information content (AvgIpc) is 3.24. The molecule has 0 bridgehead atoms. The van der Waals surface area contributed by atoms with Crippen LogP contribution in [-0.4, -0.2) is 39.1 Å². The number of ether oxygens (including phenoxy) is 2. The number of nitrogens with one attached hydrogen (secondary N) is 1. The molecule has 0 atom stereocenters. The molecule has 0 spiro atoms. The fraction of sp³-hybridized carbons (Fsp3) is 0.389. The molecule has 1 aromatic carbocycles. The molecule has 144 valence electrons. The monoisotopic (exact) mass is 408 g/mol. The molecule has 1 saturated heterocycles. The van der Waals surface area contributed by atoms with Crippen molar-refractivity contribution in [1.82, 2.24) is 4.90 Å². The van der Waals surface area contributed by atoms with Crippen molar-refractivity contribution >= 4 is 33.0 Å². The minimum Gasteiger partial charge on any atom is -0.454 e. The first kappa shape index (κ1) is 18.1. The van der Waals surface area contributed by atoms with E-state index in [1.807, 2.05) is 4.90 Å². The summed E-state index contributed by atoms with van der Waals surface area (Å²) in [6, 6.07) is 6.30. The van der Waals surface area contributed by atoms with Gasteiger partial charge in [0.2, 0.25) is 6.79 Å². The molecule has 0 aliphatic carbocycles. The largest absolute Gasteiger partial charge is 0.454 e. The summed E-state index contributed by atoms with van der Waals surface area (Å²) in [6.45, 7) is 1.58. The maximum atomic E-state index is 12.7. The highest BCUT2D eigenvalue weighted by atomic mass is 32.2. The number of rotatable bonds is 4. The van der Waals surface area contributed by atoms with Gasteiger partial charge in [-0.15, -0.1) is 11.3 Å². The molecule has 27 heavy (non-hydrogen) atoms. The number of benzene rings is 1. The number of fused-ring (bicyclic) bond motifs is 1. The fourth-order valence-electron chi connectivity index (χ4n) is 3.19. The molecule has 1 amide bonds. The van der Waals surface area contributed by atoms with Crippen LogP contribution in [0.25, 0.3) is 0 Å². The Morgan fingerprint density at radius 3 is 2.56 bits per heavy atom. The van der Waals surface area contributed by atoms with Gasteiger partial charge in [-0.3, -0.25) is 9.52 Å². The molecule has 2 aliphatic heterocycles. The van der Waals surface area contributed by atoms with Crippen LogP contribution in [0.15, 0.2) is 33.9 Å². The first-order valence-corrected chi connectivity index (χ1v) is 11.2. The van der Waals surface area contributed by atoms with E-state index in [9.17, 15) is 13.2 Å². The summed E-state index contributed by atoms with van der Waals surface area (Å²) in [5.74, 6) is 0.982. The Labute approximate surface area is 161 Å². The topological polar surface area (TPSA) is 84.9 Å². The van der Waals surface area contributed by atoms with Gasteiger partial charge in [0, 0.05) is 24.5 Å². The number of carbonyl (C=O) groups is 1. The van der Waals surface area contributed by atoms with Crippen LogP contribution in [0.3, 0.4) is 0 Å². The Morgan fingerprint density at radius 1 is 1.04 bits per heavy atom. The Bertz CT molecular complexity index is 946. The molecule has 1 fully saturated rings. The van der Waals surface area contributed by atoms with Gasteiger partial charge >= 0.3 is 0 Å². The molecule has 1 N–H and O–H groups in total. The average molecular weight is 409 g/mol. The number of carbonyl (C=O) groups excluding carboxylic acids is 1. The third kappa shape index (κ3) is 3.89. The predicted molar refractivity (Wildman–Crippen MR) is 102 cm³/mol. The second-order valence-electron chi connectivity index (χ2n) is 6.53. The van der Waals surface area contributed by atoms with Gasteiger partial charge in [0.05, 0.1) is 11.3 Å². The second kappa shape index (κ2) is 7.40. The van der Waals surface area contributed by atoms with E-state index in [-0.39, 0.29) is 16.9 Å². The van der Waals surface area contributed by atoms with E-state index in [0.717, 1.165) is 50.1 Å². The quantitative estimate of drug-likeness (QED) is 0.839. The summed E-state index contributed by atoms with van der Waals surface area (Å²) in [7, 11) is -3.78. The van der Waals surface area contributed by atoms with Crippen LogP contribution in [-0.2, 0) is 10.0 Å². The lowest BCUT2D eigenvalue weighted by Gasteiger charge is -2.19. The number of sulfonamides is 1. The van der Waals surface area contributed by atoms with Gasteiger partial charge in [-0.1, -0.05) is 12.8 Å². The van der Waals surface area contributed by atoms with Crippen LogP contribution in [0, 0.1) is 0 Å². The van der Waals surface area contributed by atoms with Crippen LogP contribution in [0.1, 0.15) is 36.0 Å². The van der Waals surface area contributed by atoms with Gasteiger partial charge in [-0.25, -0.2) is 8.42 Å². The lowest BCUT2D eigenvalue weighted by molar-refractivity contribution is 0.0762. The van der Waals surface area contributed by atoms with Gasteiger partial charge in [0.15, 0.2) is 11.5 Å². The Balaban J connectivity index is 1.50. The zero-order chi connectivity index (χ0) is 18.9. The third-order valence-corrected chi connectivity index (χ3v) is 7.43. The minimum absolute atomic E-state index is 0.0994. The van der Waals surface area contributed by atoms with E-state index in [1.54, 1.807) is 23.6 Å². The number of thiophene rings is 1. The van der Waals surface area contributed by atoms with Crippen LogP contribution < -0.4 is 14.2 Å². The standard InChI is InChI=1S/C18H20N2O5S2/c21-18(20-7-3-1-2-4-8-20)13-9-17(26-11-13)27(22,23)19-14-5-6-15-16(10-14)25-12-24-15/h5-6,9-11,19H,1-4,7-8,12H2. The molecular weight excluding hydrogens is 388 g/mol. The van der Waals surface area contributed by atoms with Gasteiger partial charge < -0.3 is 14.4 Å². The summed E-state index contributed by atoms with van der Waals surface area (Å²) in [5, 5.41) is 1.61. The van der Waals surface area contributed by atoms with Crippen molar-refractivity contribution in [3.05, 3.63) is 35.2 Å².